The molecule has 0 fully saturated rings. The molecule has 1 aromatic rings. The molecule has 5 heteroatoms. The highest BCUT2D eigenvalue weighted by atomic mass is 19.3. The van der Waals surface area contributed by atoms with E-state index in [1.807, 2.05) is 5.43 Å². The molecular weight excluding hydrogens is 193 g/mol. The Morgan fingerprint density at radius 3 is 2.43 bits per heavy atom. The first kappa shape index (κ1) is 11.0. The van der Waals surface area contributed by atoms with Crippen LogP contribution in [0.2, 0.25) is 0 Å². The Labute approximate surface area is 79.9 Å². The highest BCUT2D eigenvalue weighted by Gasteiger charge is 2.21. The number of benzene rings is 1. The molecule has 0 aliphatic rings. The lowest BCUT2D eigenvalue weighted by atomic mass is 10.1. The van der Waals surface area contributed by atoms with E-state index in [0.29, 0.717) is 5.56 Å². The summed E-state index contributed by atoms with van der Waals surface area (Å²) < 4.78 is 37.7. The van der Waals surface area contributed by atoms with Gasteiger partial charge in [-0.2, -0.15) is 0 Å². The van der Waals surface area contributed by atoms with Crippen LogP contribution in [0.25, 0.3) is 0 Å². The fraction of sp³-hybridized carbons (Fsp3) is 0.333. The molecule has 0 aliphatic heterocycles. The smallest absolute Gasteiger partial charge is 0.259 e. The first-order chi connectivity index (χ1) is 6.56. The summed E-state index contributed by atoms with van der Waals surface area (Å²) in [6.07, 6.45) is -2.66. The normalized spacial score (nSPS) is 13.3. The van der Waals surface area contributed by atoms with Gasteiger partial charge in [0, 0.05) is 0 Å². The Hall–Kier alpha value is -1.07. The number of nitrogens with two attached hydrogens (primary N) is 1. The molecule has 1 unspecified atom stereocenters. The van der Waals surface area contributed by atoms with Crippen LogP contribution in [-0.4, -0.2) is 6.43 Å². The molecule has 0 bridgehead atoms. The lowest BCUT2D eigenvalue weighted by Gasteiger charge is -2.15. The number of aryl methyl sites for hydroxylation is 1. The van der Waals surface area contributed by atoms with Crippen LogP contribution in [0.4, 0.5) is 13.2 Å². The van der Waals surface area contributed by atoms with Gasteiger partial charge in [-0.1, -0.05) is 12.1 Å². The third-order valence-corrected chi connectivity index (χ3v) is 1.99. The maximum absolute atomic E-state index is 13.0. The summed E-state index contributed by atoms with van der Waals surface area (Å²) in [5.41, 5.74) is 2.51. The minimum absolute atomic E-state index is 0.144. The highest BCUT2D eigenvalue weighted by molar-refractivity contribution is 5.26. The van der Waals surface area contributed by atoms with Crippen molar-refractivity contribution in [3.8, 4) is 0 Å². The van der Waals surface area contributed by atoms with Gasteiger partial charge in [-0.05, 0) is 24.1 Å². The monoisotopic (exact) mass is 204 g/mol. The summed E-state index contributed by atoms with van der Waals surface area (Å²) in [5.74, 6) is 4.43. The molecule has 1 rings (SSSR count). The van der Waals surface area contributed by atoms with E-state index in [4.69, 9.17) is 5.84 Å². The van der Waals surface area contributed by atoms with Crippen LogP contribution in [0, 0.1) is 12.7 Å². The highest BCUT2D eigenvalue weighted by Crippen LogP contribution is 2.21. The topological polar surface area (TPSA) is 38.0 Å². The number of hydrazine groups is 1. The van der Waals surface area contributed by atoms with Gasteiger partial charge in [0.2, 0.25) is 0 Å². The zero-order chi connectivity index (χ0) is 10.7. The average Bonchev–Trinajstić information content (AvgIpc) is 2.11. The summed E-state index contributed by atoms with van der Waals surface area (Å²) in [6, 6.07) is 2.60. The maximum Gasteiger partial charge on any atom is 0.259 e. The van der Waals surface area contributed by atoms with Crippen molar-refractivity contribution in [1.82, 2.24) is 5.43 Å². The molecule has 1 aromatic carbocycles. The first-order valence-electron chi connectivity index (χ1n) is 4.06. The second-order valence-corrected chi connectivity index (χ2v) is 2.99. The molecule has 0 saturated heterocycles. The second kappa shape index (κ2) is 4.43. The van der Waals surface area contributed by atoms with Gasteiger partial charge in [0.25, 0.3) is 6.43 Å². The van der Waals surface area contributed by atoms with Gasteiger partial charge in [-0.3, -0.25) is 5.84 Å². The lowest BCUT2D eigenvalue weighted by Crippen LogP contribution is -2.32. The molecule has 2 nitrogen and oxygen atoms in total. The van der Waals surface area contributed by atoms with Gasteiger partial charge >= 0.3 is 0 Å². The van der Waals surface area contributed by atoms with E-state index in [2.05, 4.69) is 0 Å². The van der Waals surface area contributed by atoms with Crippen molar-refractivity contribution in [1.29, 1.82) is 0 Å². The fourth-order valence-corrected chi connectivity index (χ4v) is 1.12. The number of rotatable bonds is 3. The number of hydrogen-bond donors (Lipinski definition) is 2. The fourth-order valence-electron chi connectivity index (χ4n) is 1.12. The van der Waals surface area contributed by atoms with E-state index >= 15 is 0 Å². The number of alkyl halides is 2. The van der Waals surface area contributed by atoms with E-state index < -0.39 is 18.3 Å². The molecule has 3 N–H and O–H groups in total. The molecule has 0 saturated carbocycles. The van der Waals surface area contributed by atoms with Crippen LogP contribution in [-0.2, 0) is 0 Å². The van der Waals surface area contributed by atoms with Gasteiger partial charge < -0.3 is 0 Å². The Kier molecular flexibility index (Phi) is 3.49. The zero-order valence-electron chi connectivity index (χ0n) is 7.60. The Bertz CT molecular complexity index is 315. The van der Waals surface area contributed by atoms with Crippen molar-refractivity contribution < 1.29 is 13.2 Å². The van der Waals surface area contributed by atoms with Crippen LogP contribution >= 0.6 is 0 Å². The molecule has 0 amide bonds. The van der Waals surface area contributed by atoms with E-state index in [1.165, 1.54) is 12.1 Å². The Balaban J connectivity index is 3.00. The minimum Gasteiger partial charge on any atom is -0.271 e. The third kappa shape index (κ3) is 2.24. The summed E-state index contributed by atoms with van der Waals surface area (Å²) in [7, 11) is 0. The second-order valence-electron chi connectivity index (χ2n) is 2.99. The van der Waals surface area contributed by atoms with E-state index in [-0.39, 0.29) is 5.56 Å². The Morgan fingerprint density at radius 1 is 1.36 bits per heavy atom. The van der Waals surface area contributed by atoms with Gasteiger partial charge in [-0.15, -0.1) is 0 Å². The standard InChI is InChI=1S/C9H11F3N2/c1-5-2-3-6(4-7(5)10)8(14-13)9(11)12/h2-4,8-9,14H,13H2,1H3. The zero-order valence-corrected chi connectivity index (χ0v) is 7.60. The quantitative estimate of drug-likeness (QED) is 0.583. The van der Waals surface area contributed by atoms with Gasteiger partial charge in [0.15, 0.2) is 0 Å². The van der Waals surface area contributed by atoms with E-state index in [1.54, 1.807) is 6.92 Å². The van der Waals surface area contributed by atoms with Crippen molar-refractivity contribution >= 4 is 0 Å². The minimum atomic E-state index is -2.66. The maximum atomic E-state index is 13.0. The van der Waals surface area contributed by atoms with Gasteiger partial charge in [0.05, 0.1) is 0 Å². The number of halogens is 3. The molecule has 0 spiro atoms. The molecule has 0 aromatic heterocycles. The van der Waals surface area contributed by atoms with Crippen molar-refractivity contribution in [2.45, 2.75) is 19.4 Å². The van der Waals surface area contributed by atoms with Crippen LogP contribution in [0.5, 0.6) is 0 Å². The van der Waals surface area contributed by atoms with Crippen molar-refractivity contribution in [2.24, 2.45) is 5.84 Å². The van der Waals surface area contributed by atoms with Crippen LogP contribution in [0.3, 0.4) is 0 Å². The third-order valence-electron chi connectivity index (χ3n) is 1.99. The molecular formula is C9H11F3N2. The number of nitrogens with one attached hydrogen (secondary N) is 1. The molecule has 0 aliphatic carbocycles. The van der Waals surface area contributed by atoms with Crippen LogP contribution < -0.4 is 11.3 Å². The van der Waals surface area contributed by atoms with Crippen molar-refractivity contribution in [3.05, 3.63) is 35.1 Å². The Morgan fingerprint density at radius 2 is 2.00 bits per heavy atom. The van der Waals surface area contributed by atoms with Crippen LogP contribution in [0.1, 0.15) is 17.2 Å². The summed E-state index contributed by atoms with van der Waals surface area (Å²) in [6.45, 7) is 1.56. The lowest BCUT2D eigenvalue weighted by molar-refractivity contribution is 0.0985. The van der Waals surface area contributed by atoms with Crippen LogP contribution in [0.15, 0.2) is 18.2 Å². The molecule has 14 heavy (non-hydrogen) atoms. The SMILES string of the molecule is Cc1ccc(C(NN)C(F)F)cc1F. The van der Waals surface area contributed by atoms with Crippen molar-refractivity contribution in [2.75, 3.05) is 0 Å². The molecule has 78 valence electrons. The van der Waals surface area contributed by atoms with Gasteiger partial charge in [0.1, 0.15) is 11.9 Å². The van der Waals surface area contributed by atoms with Crippen molar-refractivity contribution in [3.63, 3.8) is 0 Å². The molecule has 0 heterocycles. The van der Waals surface area contributed by atoms with E-state index in [0.717, 1.165) is 6.07 Å². The predicted molar refractivity (Wildman–Crippen MR) is 47.2 cm³/mol. The largest absolute Gasteiger partial charge is 0.271 e. The van der Waals surface area contributed by atoms with Gasteiger partial charge in [-0.25, -0.2) is 18.6 Å². The molecule has 0 radical (unpaired) electrons. The number of hydrogen-bond acceptors (Lipinski definition) is 2. The molecule has 1 atom stereocenters. The summed E-state index contributed by atoms with van der Waals surface area (Å²) in [5, 5.41) is 0. The van der Waals surface area contributed by atoms with E-state index in [9.17, 15) is 13.2 Å². The average molecular weight is 204 g/mol. The summed E-state index contributed by atoms with van der Waals surface area (Å²) in [4.78, 5) is 0. The predicted octanol–water partition coefficient (Wildman–Crippen LogP) is 1.90. The first-order valence-corrected chi connectivity index (χ1v) is 4.06. The summed E-state index contributed by atoms with van der Waals surface area (Å²) >= 11 is 0.